The molecule has 5 nitrogen and oxygen atoms in total. The SMILES string of the molecule is CCCC[C@@]12OC[C@@H](O1)[C@@H](OCc1ccccc1)[C@H](OCc1ccccc1)[C@H]2OCc1ccccc1. The molecule has 2 aliphatic heterocycles. The van der Waals surface area contributed by atoms with Gasteiger partial charge in [0.1, 0.15) is 24.4 Å². The van der Waals surface area contributed by atoms with E-state index in [2.05, 4.69) is 43.3 Å². The minimum atomic E-state index is -0.830. The Labute approximate surface area is 214 Å². The van der Waals surface area contributed by atoms with Crippen LogP contribution in [0.4, 0.5) is 0 Å². The van der Waals surface area contributed by atoms with Crippen molar-refractivity contribution in [2.45, 2.75) is 76.2 Å². The van der Waals surface area contributed by atoms with Crippen molar-refractivity contribution in [3.63, 3.8) is 0 Å². The smallest absolute Gasteiger partial charge is 0.198 e. The Kier molecular flexibility index (Phi) is 8.47. The summed E-state index contributed by atoms with van der Waals surface area (Å²) in [6.45, 7) is 4.05. The number of ether oxygens (including phenoxy) is 5. The van der Waals surface area contributed by atoms with Crippen LogP contribution in [-0.4, -0.2) is 36.8 Å². The zero-order valence-corrected chi connectivity index (χ0v) is 21.0. The number of benzene rings is 3. The van der Waals surface area contributed by atoms with Crippen molar-refractivity contribution in [1.82, 2.24) is 0 Å². The van der Waals surface area contributed by atoms with E-state index < -0.39 is 11.9 Å². The lowest BCUT2D eigenvalue weighted by atomic mass is 9.90. The van der Waals surface area contributed by atoms with Crippen LogP contribution in [0.3, 0.4) is 0 Å². The van der Waals surface area contributed by atoms with Crippen molar-refractivity contribution >= 4 is 0 Å². The molecule has 5 rings (SSSR count). The first-order valence-corrected chi connectivity index (χ1v) is 13.1. The van der Waals surface area contributed by atoms with E-state index in [-0.39, 0.29) is 18.3 Å². The number of fused-ring (bicyclic) bond motifs is 2. The van der Waals surface area contributed by atoms with E-state index in [0.29, 0.717) is 26.4 Å². The summed E-state index contributed by atoms with van der Waals surface area (Å²) >= 11 is 0. The van der Waals surface area contributed by atoms with Gasteiger partial charge in [-0.05, 0) is 23.1 Å². The molecule has 3 aromatic rings. The second-order valence-corrected chi connectivity index (χ2v) is 9.62. The molecule has 36 heavy (non-hydrogen) atoms. The average molecular weight is 489 g/mol. The summed E-state index contributed by atoms with van der Waals surface area (Å²) in [5.74, 6) is -0.830. The molecule has 3 aromatic carbocycles. The normalized spacial score (nSPS) is 27.2. The van der Waals surface area contributed by atoms with Gasteiger partial charge in [-0.15, -0.1) is 0 Å². The van der Waals surface area contributed by atoms with Gasteiger partial charge in [0.05, 0.1) is 26.4 Å². The Morgan fingerprint density at radius 2 is 1.19 bits per heavy atom. The molecule has 0 N–H and O–H groups in total. The van der Waals surface area contributed by atoms with E-state index in [1.807, 2.05) is 54.6 Å². The molecule has 0 aliphatic carbocycles. The van der Waals surface area contributed by atoms with Crippen molar-refractivity contribution in [2.75, 3.05) is 6.61 Å². The predicted molar refractivity (Wildman–Crippen MR) is 138 cm³/mol. The van der Waals surface area contributed by atoms with Crippen LogP contribution in [-0.2, 0) is 43.5 Å². The summed E-state index contributed by atoms with van der Waals surface area (Å²) in [5.41, 5.74) is 3.33. The van der Waals surface area contributed by atoms with Gasteiger partial charge >= 0.3 is 0 Å². The molecule has 2 saturated heterocycles. The van der Waals surface area contributed by atoms with Gasteiger partial charge in [-0.1, -0.05) is 104 Å². The fourth-order valence-corrected chi connectivity index (χ4v) is 5.09. The summed E-state index contributed by atoms with van der Waals surface area (Å²) in [6, 6.07) is 30.7. The topological polar surface area (TPSA) is 46.2 Å². The second kappa shape index (κ2) is 12.1. The van der Waals surface area contributed by atoms with Crippen molar-refractivity contribution in [3.8, 4) is 0 Å². The molecule has 2 heterocycles. The van der Waals surface area contributed by atoms with Gasteiger partial charge < -0.3 is 23.7 Å². The molecule has 0 amide bonds. The van der Waals surface area contributed by atoms with Crippen LogP contribution < -0.4 is 0 Å². The van der Waals surface area contributed by atoms with Gasteiger partial charge in [-0.2, -0.15) is 0 Å². The first-order chi connectivity index (χ1) is 17.8. The van der Waals surface area contributed by atoms with Crippen LogP contribution >= 0.6 is 0 Å². The maximum Gasteiger partial charge on any atom is 0.198 e. The molecular weight excluding hydrogens is 452 g/mol. The van der Waals surface area contributed by atoms with Crippen LogP contribution in [0.25, 0.3) is 0 Å². The van der Waals surface area contributed by atoms with Gasteiger partial charge in [0.2, 0.25) is 0 Å². The first kappa shape index (κ1) is 25.1. The zero-order chi connectivity index (χ0) is 24.6. The Morgan fingerprint density at radius 3 is 1.72 bits per heavy atom. The van der Waals surface area contributed by atoms with Crippen LogP contribution in [0.15, 0.2) is 91.0 Å². The quantitative estimate of drug-likeness (QED) is 0.310. The van der Waals surface area contributed by atoms with Gasteiger partial charge in [0.15, 0.2) is 5.79 Å². The first-order valence-electron chi connectivity index (χ1n) is 13.1. The van der Waals surface area contributed by atoms with E-state index in [1.54, 1.807) is 0 Å². The fourth-order valence-electron chi connectivity index (χ4n) is 5.09. The Hall–Kier alpha value is -2.54. The summed E-state index contributed by atoms with van der Waals surface area (Å²) < 4.78 is 32.8. The summed E-state index contributed by atoms with van der Waals surface area (Å²) in [5, 5.41) is 0. The van der Waals surface area contributed by atoms with Gasteiger partial charge in [0.25, 0.3) is 0 Å². The molecule has 0 radical (unpaired) electrons. The molecule has 2 aliphatic rings. The zero-order valence-electron chi connectivity index (χ0n) is 21.0. The van der Waals surface area contributed by atoms with Crippen molar-refractivity contribution in [3.05, 3.63) is 108 Å². The predicted octanol–water partition coefficient (Wildman–Crippen LogP) is 6.06. The largest absolute Gasteiger partial charge is 0.368 e. The number of hydrogen-bond donors (Lipinski definition) is 0. The number of hydrogen-bond acceptors (Lipinski definition) is 5. The average Bonchev–Trinajstić information content (AvgIpc) is 3.32. The Balaban J connectivity index is 1.41. The molecule has 0 unspecified atom stereocenters. The fraction of sp³-hybridized carbons (Fsp3) is 0.419. The lowest BCUT2D eigenvalue weighted by Crippen LogP contribution is -2.62. The summed E-state index contributed by atoms with van der Waals surface area (Å²) in [4.78, 5) is 0. The Bertz CT molecular complexity index is 1040. The van der Waals surface area contributed by atoms with Gasteiger partial charge in [-0.25, -0.2) is 0 Å². The van der Waals surface area contributed by atoms with E-state index >= 15 is 0 Å². The number of unbranched alkanes of at least 4 members (excludes halogenated alkanes) is 1. The molecule has 190 valence electrons. The van der Waals surface area contributed by atoms with Crippen LogP contribution in [0, 0.1) is 0 Å². The van der Waals surface area contributed by atoms with Crippen molar-refractivity contribution < 1.29 is 23.7 Å². The molecular formula is C31H36O5. The third kappa shape index (κ3) is 5.88. The molecule has 5 atom stereocenters. The molecule has 0 saturated carbocycles. The molecule has 2 fully saturated rings. The second-order valence-electron chi connectivity index (χ2n) is 9.62. The van der Waals surface area contributed by atoms with Crippen LogP contribution in [0.2, 0.25) is 0 Å². The standard InChI is InChI=1S/C31H36O5/c1-2-3-19-31-30(34-22-26-17-11-6-12-18-26)29(33-21-25-15-9-5-10-16-25)28(27(36-31)23-35-31)32-20-24-13-7-4-8-14-24/h4-18,27-30H,2-3,19-23H2,1H3/t27-,28-,29+,30-,31-/m1/s1. The van der Waals surface area contributed by atoms with Gasteiger partial charge in [0, 0.05) is 6.42 Å². The van der Waals surface area contributed by atoms with Crippen molar-refractivity contribution in [1.29, 1.82) is 0 Å². The highest BCUT2D eigenvalue weighted by molar-refractivity contribution is 5.16. The van der Waals surface area contributed by atoms with E-state index in [9.17, 15) is 0 Å². The van der Waals surface area contributed by atoms with E-state index in [0.717, 1.165) is 36.0 Å². The van der Waals surface area contributed by atoms with Crippen molar-refractivity contribution in [2.24, 2.45) is 0 Å². The lowest BCUT2D eigenvalue weighted by Gasteiger charge is -2.46. The molecule has 0 aromatic heterocycles. The highest BCUT2D eigenvalue weighted by atomic mass is 16.8. The minimum absolute atomic E-state index is 0.206. The monoisotopic (exact) mass is 488 g/mol. The Morgan fingerprint density at radius 1 is 0.694 bits per heavy atom. The van der Waals surface area contributed by atoms with Gasteiger partial charge in [-0.3, -0.25) is 0 Å². The number of rotatable bonds is 12. The third-order valence-electron chi connectivity index (χ3n) is 6.99. The lowest BCUT2D eigenvalue weighted by molar-refractivity contribution is -0.323. The summed E-state index contributed by atoms with van der Waals surface area (Å²) in [7, 11) is 0. The molecule has 5 heteroatoms. The van der Waals surface area contributed by atoms with E-state index in [1.165, 1.54) is 0 Å². The van der Waals surface area contributed by atoms with Crippen LogP contribution in [0.5, 0.6) is 0 Å². The minimum Gasteiger partial charge on any atom is -0.368 e. The highest BCUT2D eigenvalue weighted by Gasteiger charge is 2.61. The third-order valence-corrected chi connectivity index (χ3v) is 6.99. The van der Waals surface area contributed by atoms with Crippen LogP contribution in [0.1, 0.15) is 42.9 Å². The summed E-state index contributed by atoms with van der Waals surface area (Å²) in [6.07, 6.45) is 1.52. The maximum absolute atomic E-state index is 6.65. The highest BCUT2D eigenvalue weighted by Crippen LogP contribution is 2.44. The molecule has 0 spiro atoms. The maximum atomic E-state index is 6.65. The van der Waals surface area contributed by atoms with E-state index in [4.69, 9.17) is 23.7 Å². The molecule has 2 bridgehead atoms.